The summed E-state index contributed by atoms with van der Waals surface area (Å²) in [4.78, 5) is 15.7. The SMILES string of the molecule is COC(=O)c1ccc(Cn2cnc(C)c2C)c(Br)c1. The molecule has 0 aliphatic heterocycles. The highest BCUT2D eigenvalue weighted by Gasteiger charge is 2.10. The van der Waals surface area contributed by atoms with Crippen molar-refractivity contribution in [3.05, 3.63) is 51.5 Å². The summed E-state index contributed by atoms with van der Waals surface area (Å²) in [5, 5.41) is 0. The molecule has 100 valence electrons. The topological polar surface area (TPSA) is 44.1 Å². The van der Waals surface area contributed by atoms with Crippen LogP contribution in [-0.2, 0) is 11.3 Å². The van der Waals surface area contributed by atoms with Gasteiger partial charge in [0, 0.05) is 16.7 Å². The Hall–Kier alpha value is -1.62. The number of aryl methyl sites for hydroxylation is 1. The molecule has 1 aromatic heterocycles. The van der Waals surface area contributed by atoms with Crippen molar-refractivity contribution in [3.63, 3.8) is 0 Å². The van der Waals surface area contributed by atoms with Crippen molar-refractivity contribution in [2.24, 2.45) is 0 Å². The number of methoxy groups -OCH3 is 1. The van der Waals surface area contributed by atoms with Crippen LogP contribution in [0.4, 0.5) is 0 Å². The van der Waals surface area contributed by atoms with Crippen molar-refractivity contribution >= 4 is 21.9 Å². The largest absolute Gasteiger partial charge is 0.465 e. The van der Waals surface area contributed by atoms with Gasteiger partial charge < -0.3 is 9.30 Å². The lowest BCUT2D eigenvalue weighted by Crippen LogP contribution is -2.04. The van der Waals surface area contributed by atoms with E-state index in [-0.39, 0.29) is 5.97 Å². The summed E-state index contributed by atoms with van der Waals surface area (Å²) in [6.07, 6.45) is 1.82. The zero-order valence-corrected chi connectivity index (χ0v) is 12.7. The van der Waals surface area contributed by atoms with Gasteiger partial charge >= 0.3 is 5.97 Å². The predicted molar refractivity (Wildman–Crippen MR) is 76.3 cm³/mol. The van der Waals surface area contributed by atoms with Crippen LogP contribution in [0.25, 0.3) is 0 Å². The number of carbonyl (C=O) groups is 1. The van der Waals surface area contributed by atoms with Crippen LogP contribution in [0.3, 0.4) is 0 Å². The molecule has 0 saturated heterocycles. The molecule has 0 radical (unpaired) electrons. The van der Waals surface area contributed by atoms with E-state index >= 15 is 0 Å². The molecule has 0 aliphatic carbocycles. The molecule has 1 heterocycles. The van der Waals surface area contributed by atoms with Crippen LogP contribution in [0.1, 0.15) is 27.3 Å². The third kappa shape index (κ3) is 2.87. The number of halogens is 1. The maximum Gasteiger partial charge on any atom is 0.337 e. The fourth-order valence-electron chi connectivity index (χ4n) is 1.81. The quantitative estimate of drug-likeness (QED) is 0.815. The summed E-state index contributed by atoms with van der Waals surface area (Å²) >= 11 is 3.49. The highest BCUT2D eigenvalue weighted by atomic mass is 79.9. The average molecular weight is 323 g/mol. The van der Waals surface area contributed by atoms with E-state index in [2.05, 4.69) is 25.5 Å². The fourth-order valence-corrected chi connectivity index (χ4v) is 2.31. The van der Waals surface area contributed by atoms with Gasteiger partial charge in [0.05, 0.1) is 24.7 Å². The molecule has 0 atom stereocenters. The Bertz CT molecular complexity index is 620. The van der Waals surface area contributed by atoms with Gasteiger partial charge in [0.15, 0.2) is 0 Å². The van der Waals surface area contributed by atoms with Gasteiger partial charge in [-0.15, -0.1) is 0 Å². The molecule has 0 aliphatic rings. The first-order valence-electron chi connectivity index (χ1n) is 5.88. The van der Waals surface area contributed by atoms with E-state index < -0.39 is 0 Å². The first kappa shape index (κ1) is 13.8. The molecule has 0 unspecified atom stereocenters. The van der Waals surface area contributed by atoms with Crippen molar-refractivity contribution in [3.8, 4) is 0 Å². The molecular weight excluding hydrogens is 308 g/mol. The Morgan fingerprint density at radius 3 is 2.68 bits per heavy atom. The minimum Gasteiger partial charge on any atom is -0.465 e. The summed E-state index contributed by atoms with van der Waals surface area (Å²) in [6.45, 7) is 4.75. The number of ether oxygens (including phenoxy) is 1. The number of hydrogen-bond donors (Lipinski definition) is 0. The number of aromatic nitrogens is 2. The third-order valence-electron chi connectivity index (χ3n) is 3.16. The van der Waals surface area contributed by atoms with Crippen molar-refractivity contribution < 1.29 is 9.53 Å². The van der Waals surface area contributed by atoms with Gasteiger partial charge in [-0.25, -0.2) is 9.78 Å². The van der Waals surface area contributed by atoms with Gasteiger partial charge in [0.2, 0.25) is 0 Å². The molecule has 0 N–H and O–H groups in total. The second kappa shape index (κ2) is 5.57. The Morgan fingerprint density at radius 2 is 2.16 bits per heavy atom. The molecule has 19 heavy (non-hydrogen) atoms. The second-order valence-electron chi connectivity index (χ2n) is 4.34. The molecule has 0 amide bonds. The lowest BCUT2D eigenvalue weighted by Gasteiger charge is -2.09. The van der Waals surface area contributed by atoms with Gasteiger partial charge in [0.1, 0.15) is 0 Å². The predicted octanol–water partition coefficient (Wildman–Crippen LogP) is 3.10. The molecule has 5 heteroatoms. The molecule has 4 nitrogen and oxygen atoms in total. The van der Waals surface area contributed by atoms with E-state index in [0.717, 1.165) is 21.4 Å². The summed E-state index contributed by atoms with van der Waals surface area (Å²) in [5.74, 6) is -0.332. The number of esters is 1. The number of benzene rings is 1. The molecule has 0 spiro atoms. The zero-order valence-electron chi connectivity index (χ0n) is 11.1. The van der Waals surface area contributed by atoms with Gasteiger partial charge in [-0.05, 0) is 31.5 Å². The van der Waals surface area contributed by atoms with Gasteiger partial charge in [-0.1, -0.05) is 22.0 Å². The van der Waals surface area contributed by atoms with Crippen LogP contribution in [0.5, 0.6) is 0 Å². The van der Waals surface area contributed by atoms with Crippen LogP contribution in [0.15, 0.2) is 29.0 Å². The Morgan fingerprint density at radius 1 is 1.42 bits per heavy atom. The van der Waals surface area contributed by atoms with E-state index in [1.807, 2.05) is 26.2 Å². The van der Waals surface area contributed by atoms with Crippen molar-refractivity contribution in [2.45, 2.75) is 20.4 Å². The van der Waals surface area contributed by atoms with Crippen LogP contribution < -0.4 is 0 Å². The second-order valence-corrected chi connectivity index (χ2v) is 5.20. The van der Waals surface area contributed by atoms with Gasteiger partial charge in [-0.3, -0.25) is 0 Å². The molecule has 1 aromatic carbocycles. The molecule has 2 rings (SSSR count). The smallest absolute Gasteiger partial charge is 0.337 e. The van der Waals surface area contributed by atoms with E-state index in [1.54, 1.807) is 12.1 Å². The molecular formula is C14H15BrN2O2. The van der Waals surface area contributed by atoms with Crippen molar-refractivity contribution in [1.29, 1.82) is 0 Å². The van der Waals surface area contributed by atoms with E-state index in [0.29, 0.717) is 12.1 Å². The first-order valence-corrected chi connectivity index (χ1v) is 6.67. The number of nitrogens with zero attached hydrogens (tertiary/aromatic N) is 2. The number of imidazole rings is 1. The maximum absolute atomic E-state index is 11.4. The van der Waals surface area contributed by atoms with E-state index in [9.17, 15) is 4.79 Å². The summed E-state index contributed by atoms with van der Waals surface area (Å²) in [5.41, 5.74) is 3.80. The summed E-state index contributed by atoms with van der Waals surface area (Å²) in [7, 11) is 1.38. The van der Waals surface area contributed by atoms with Crippen LogP contribution in [-0.4, -0.2) is 22.6 Å². The van der Waals surface area contributed by atoms with Crippen molar-refractivity contribution in [2.75, 3.05) is 7.11 Å². The standard InChI is InChI=1S/C14H15BrN2O2/c1-9-10(2)17(8-16-9)7-12-5-4-11(6-13(12)15)14(18)19-3/h4-6,8H,7H2,1-3H3. The normalized spacial score (nSPS) is 10.5. The van der Waals surface area contributed by atoms with Crippen molar-refractivity contribution in [1.82, 2.24) is 9.55 Å². The summed E-state index contributed by atoms with van der Waals surface area (Å²) in [6, 6.07) is 5.47. The molecule has 0 bridgehead atoms. The molecule has 0 saturated carbocycles. The average Bonchev–Trinajstić information content (AvgIpc) is 2.72. The number of rotatable bonds is 3. The highest BCUT2D eigenvalue weighted by Crippen LogP contribution is 2.21. The lowest BCUT2D eigenvalue weighted by atomic mass is 10.1. The van der Waals surface area contributed by atoms with Crippen LogP contribution in [0, 0.1) is 13.8 Å². The Kier molecular flexibility index (Phi) is 4.04. The molecule has 2 aromatic rings. The highest BCUT2D eigenvalue weighted by molar-refractivity contribution is 9.10. The Labute approximate surface area is 120 Å². The fraction of sp³-hybridized carbons (Fsp3) is 0.286. The van der Waals surface area contributed by atoms with E-state index in [4.69, 9.17) is 4.74 Å². The Balaban J connectivity index is 2.27. The monoisotopic (exact) mass is 322 g/mol. The van der Waals surface area contributed by atoms with Crippen LogP contribution in [0.2, 0.25) is 0 Å². The lowest BCUT2D eigenvalue weighted by molar-refractivity contribution is 0.0600. The maximum atomic E-state index is 11.4. The summed E-state index contributed by atoms with van der Waals surface area (Å²) < 4.78 is 7.66. The van der Waals surface area contributed by atoms with E-state index in [1.165, 1.54) is 7.11 Å². The van der Waals surface area contributed by atoms with Crippen LogP contribution >= 0.6 is 15.9 Å². The number of carbonyl (C=O) groups excluding carboxylic acids is 1. The van der Waals surface area contributed by atoms with Gasteiger partial charge in [-0.2, -0.15) is 0 Å². The minimum absolute atomic E-state index is 0.332. The minimum atomic E-state index is -0.332. The third-order valence-corrected chi connectivity index (χ3v) is 3.90. The number of hydrogen-bond acceptors (Lipinski definition) is 3. The molecule has 0 fully saturated rings. The zero-order chi connectivity index (χ0) is 14.0. The first-order chi connectivity index (χ1) is 9.02. The van der Waals surface area contributed by atoms with Gasteiger partial charge in [0.25, 0.3) is 0 Å².